The van der Waals surface area contributed by atoms with Crippen LogP contribution < -0.4 is 4.74 Å². The van der Waals surface area contributed by atoms with Crippen molar-refractivity contribution in [3.63, 3.8) is 0 Å². The van der Waals surface area contributed by atoms with Crippen molar-refractivity contribution in [2.45, 2.75) is 38.2 Å². The first-order valence-corrected chi connectivity index (χ1v) is 9.52. The van der Waals surface area contributed by atoms with Crippen molar-refractivity contribution in [3.05, 3.63) is 48.2 Å². The number of likely N-dealkylation sites (tertiary alicyclic amines) is 1. The molecule has 1 unspecified atom stereocenters. The van der Waals surface area contributed by atoms with E-state index in [2.05, 4.69) is 20.2 Å². The highest BCUT2D eigenvalue weighted by atomic mass is 19.1. The van der Waals surface area contributed by atoms with Crippen LogP contribution in [0.1, 0.15) is 37.8 Å². The van der Waals surface area contributed by atoms with Crippen molar-refractivity contribution in [1.29, 1.82) is 0 Å². The predicted octanol–water partition coefficient (Wildman–Crippen LogP) is 3.06. The zero-order valence-electron chi connectivity index (χ0n) is 15.6. The highest BCUT2D eigenvalue weighted by Gasteiger charge is 2.31. The quantitative estimate of drug-likeness (QED) is 0.732. The molecule has 4 rings (SSSR count). The Morgan fingerprint density at radius 3 is 2.79 bits per heavy atom. The summed E-state index contributed by atoms with van der Waals surface area (Å²) in [7, 11) is 0. The molecule has 1 N–H and O–H groups in total. The summed E-state index contributed by atoms with van der Waals surface area (Å²) in [6.07, 6.45) is 4.67. The first-order valence-electron chi connectivity index (χ1n) is 9.52. The third-order valence-corrected chi connectivity index (χ3v) is 5.18. The molecule has 0 radical (unpaired) electrons. The molecule has 1 amide bonds. The first kappa shape index (κ1) is 18.3. The summed E-state index contributed by atoms with van der Waals surface area (Å²) >= 11 is 0. The van der Waals surface area contributed by atoms with Gasteiger partial charge in [-0.3, -0.25) is 9.89 Å². The summed E-state index contributed by atoms with van der Waals surface area (Å²) in [5.41, 5.74) is 2.38. The maximum Gasteiger partial charge on any atom is 0.263 e. The minimum atomic E-state index is -0.688. The normalized spacial score (nSPS) is 16.3. The molecule has 1 fully saturated rings. The van der Waals surface area contributed by atoms with Crippen molar-refractivity contribution in [1.82, 2.24) is 25.1 Å². The number of para-hydroxylation sites is 1. The number of benzene rings is 1. The van der Waals surface area contributed by atoms with Crippen LogP contribution in [-0.2, 0) is 4.79 Å². The lowest BCUT2D eigenvalue weighted by Crippen LogP contribution is -2.45. The van der Waals surface area contributed by atoms with Gasteiger partial charge in [0.25, 0.3) is 5.91 Å². The Hall–Kier alpha value is -3.03. The van der Waals surface area contributed by atoms with Gasteiger partial charge in [0, 0.05) is 31.4 Å². The number of H-pyrrole nitrogens is 1. The molecule has 1 aromatic carbocycles. The van der Waals surface area contributed by atoms with E-state index in [-0.39, 0.29) is 17.6 Å². The van der Waals surface area contributed by atoms with Gasteiger partial charge in [-0.2, -0.15) is 5.10 Å². The Bertz CT molecular complexity index is 968. The van der Waals surface area contributed by atoms with Gasteiger partial charge < -0.3 is 9.64 Å². The van der Waals surface area contributed by atoms with E-state index in [0.717, 1.165) is 24.1 Å². The summed E-state index contributed by atoms with van der Waals surface area (Å²) in [6.45, 7) is 3.09. The van der Waals surface area contributed by atoms with Crippen molar-refractivity contribution in [2.75, 3.05) is 13.1 Å². The lowest BCUT2D eigenvalue weighted by atomic mass is 9.92. The highest BCUT2D eigenvalue weighted by molar-refractivity contribution is 5.81. The van der Waals surface area contributed by atoms with E-state index in [4.69, 9.17) is 4.74 Å². The minimum absolute atomic E-state index is 0.0986. The number of fused-ring (bicyclic) bond motifs is 1. The van der Waals surface area contributed by atoms with E-state index < -0.39 is 11.9 Å². The fourth-order valence-corrected chi connectivity index (χ4v) is 3.65. The van der Waals surface area contributed by atoms with Gasteiger partial charge in [0.05, 0.1) is 5.69 Å². The van der Waals surface area contributed by atoms with Gasteiger partial charge in [-0.1, -0.05) is 19.1 Å². The summed E-state index contributed by atoms with van der Waals surface area (Å²) in [6, 6.07) is 6.16. The van der Waals surface area contributed by atoms with Gasteiger partial charge in [-0.25, -0.2) is 14.4 Å². The second-order valence-electron chi connectivity index (χ2n) is 6.91. The molecule has 0 spiro atoms. The van der Waals surface area contributed by atoms with Crippen LogP contribution in [0, 0.1) is 5.82 Å². The zero-order chi connectivity index (χ0) is 19.5. The Morgan fingerprint density at radius 1 is 1.29 bits per heavy atom. The number of piperidine rings is 1. The maximum atomic E-state index is 13.9. The third-order valence-electron chi connectivity index (χ3n) is 5.18. The molecular formula is C20H22FN5O2. The van der Waals surface area contributed by atoms with E-state index in [1.807, 2.05) is 6.92 Å². The van der Waals surface area contributed by atoms with Gasteiger partial charge in [-0.15, -0.1) is 0 Å². The molecule has 7 nitrogen and oxygen atoms in total. The van der Waals surface area contributed by atoms with Gasteiger partial charge >= 0.3 is 0 Å². The SMILES string of the molecule is CCC(Oc1ccccc1F)C(=O)N1CCC(c2[nH]nc3nccnc23)CC1. The van der Waals surface area contributed by atoms with Crippen LogP contribution in [0.5, 0.6) is 5.75 Å². The number of ether oxygens (including phenoxy) is 1. The van der Waals surface area contributed by atoms with Crippen molar-refractivity contribution >= 4 is 17.1 Å². The molecule has 1 atom stereocenters. The molecule has 0 saturated carbocycles. The van der Waals surface area contributed by atoms with E-state index in [9.17, 15) is 9.18 Å². The van der Waals surface area contributed by atoms with Gasteiger partial charge in [-0.05, 0) is 31.4 Å². The Labute approximate surface area is 161 Å². The standard InChI is InChI=1S/C20H22FN5O2/c1-2-15(28-16-6-4-3-5-14(16)21)20(27)26-11-7-13(8-12-26)17-18-19(25-24-17)23-10-9-22-18/h3-6,9-10,13,15H,2,7-8,11-12H2,1H3,(H,23,24,25). The molecular weight excluding hydrogens is 361 g/mol. The Morgan fingerprint density at radius 2 is 2.04 bits per heavy atom. The number of nitrogens with zero attached hydrogens (tertiary/aromatic N) is 4. The van der Waals surface area contributed by atoms with Gasteiger partial charge in [0.1, 0.15) is 5.52 Å². The molecule has 146 valence electrons. The summed E-state index contributed by atoms with van der Waals surface area (Å²) < 4.78 is 19.5. The van der Waals surface area contributed by atoms with Crippen LogP contribution in [0.2, 0.25) is 0 Å². The smallest absolute Gasteiger partial charge is 0.263 e. The average Bonchev–Trinajstić information content (AvgIpc) is 3.17. The summed E-state index contributed by atoms with van der Waals surface area (Å²) in [5.74, 6) is -0.198. The van der Waals surface area contributed by atoms with Crippen LogP contribution in [0.15, 0.2) is 36.7 Å². The molecule has 3 heterocycles. The average molecular weight is 383 g/mol. The molecule has 8 heteroatoms. The minimum Gasteiger partial charge on any atom is -0.478 e. The number of aromatic amines is 1. The number of nitrogens with one attached hydrogen (secondary N) is 1. The van der Waals surface area contributed by atoms with Crippen LogP contribution in [0.25, 0.3) is 11.2 Å². The molecule has 2 aromatic heterocycles. The van der Waals surface area contributed by atoms with Crippen molar-refractivity contribution < 1.29 is 13.9 Å². The molecule has 0 bridgehead atoms. The van der Waals surface area contributed by atoms with Crippen molar-refractivity contribution in [2.24, 2.45) is 0 Å². The lowest BCUT2D eigenvalue weighted by molar-refractivity contribution is -0.140. The molecule has 1 saturated heterocycles. The monoisotopic (exact) mass is 383 g/mol. The number of amides is 1. The van der Waals surface area contributed by atoms with Gasteiger partial charge in [0.15, 0.2) is 23.3 Å². The van der Waals surface area contributed by atoms with Crippen LogP contribution >= 0.6 is 0 Å². The number of carbonyl (C=O) groups is 1. The lowest BCUT2D eigenvalue weighted by Gasteiger charge is -2.33. The number of carbonyl (C=O) groups excluding carboxylic acids is 1. The Balaban J connectivity index is 1.41. The predicted molar refractivity (Wildman–Crippen MR) is 101 cm³/mol. The number of aromatic nitrogens is 4. The summed E-state index contributed by atoms with van der Waals surface area (Å²) in [4.78, 5) is 23.3. The fourth-order valence-electron chi connectivity index (χ4n) is 3.65. The van der Waals surface area contributed by atoms with E-state index in [1.165, 1.54) is 6.07 Å². The summed E-state index contributed by atoms with van der Waals surface area (Å²) in [5, 5.41) is 7.27. The zero-order valence-corrected chi connectivity index (χ0v) is 15.6. The second kappa shape index (κ2) is 7.92. The van der Waals surface area contributed by atoms with Crippen molar-refractivity contribution in [3.8, 4) is 5.75 Å². The number of hydrogen-bond acceptors (Lipinski definition) is 5. The molecule has 0 aliphatic carbocycles. The second-order valence-corrected chi connectivity index (χ2v) is 6.91. The van der Waals surface area contributed by atoms with Gasteiger partial charge in [0.2, 0.25) is 0 Å². The first-order chi connectivity index (χ1) is 13.7. The van der Waals surface area contributed by atoms with E-state index in [1.54, 1.807) is 35.5 Å². The fraction of sp³-hybridized carbons (Fsp3) is 0.400. The molecule has 1 aliphatic rings. The van der Waals surface area contributed by atoms with E-state index >= 15 is 0 Å². The maximum absolute atomic E-state index is 13.9. The van der Waals surface area contributed by atoms with E-state index in [0.29, 0.717) is 25.2 Å². The van der Waals surface area contributed by atoms with Crippen LogP contribution in [0.4, 0.5) is 4.39 Å². The number of halogens is 1. The third kappa shape index (κ3) is 3.54. The largest absolute Gasteiger partial charge is 0.478 e. The Kier molecular flexibility index (Phi) is 5.18. The highest BCUT2D eigenvalue weighted by Crippen LogP contribution is 2.30. The molecule has 3 aromatic rings. The van der Waals surface area contributed by atoms with Crippen LogP contribution in [-0.4, -0.2) is 50.2 Å². The topological polar surface area (TPSA) is 84.0 Å². The molecule has 28 heavy (non-hydrogen) atoms. The number of hydrogen-bond donors (Lipinski definition) is 1. The van der Waals surface area contributed by atoms with Crippen LogP contribution in [0.3, 0.4) is 0 Å². The number of rotatable bonds is 5. The molecule has 1 aliphatic heterocycles.